The highest BCUT2D eigenvalue weighted by atomic mass is 32.1. The SMILES string of the molecule is COc1cccc(CN2C(=O)C(=O)/C(=C(\O)c3ccc(C)cc3)C2c2cccs2)c1. The molecule has 5 nitrogen and oxygen atoms in total. The summed E-state index contributed by atoms with van der Waals surface area (Å²) in [4.78, 5) is 28.3. The van der Waals surface area contributed by atoms with Crippen molar-refractivity contribution in [1.82, 2.24) is 4.90 Å². The van der Waals surface area contributed by atoms with E-state index in [1.54, 1.807) is 19.2 Å². The van der Waals surface area contributed by atoms with Crippen molar-refractivity contribution >= 4 is 28.8 Å². The van der Waals surface area contributed by atoms with E-state index >= 15 is 0 Å². The van der Waals surface area contributed by atoms with Crippen LogP contribution in [0.1, 0.15) is 27.6 Å². The summed E-state index contributed by atoms with van der Waals surface area (Å²) in [5.74, 6) is -0.768. The van der Waals surface area contributed by atoms with Crippen molar-refractivity contribution in [3.63, 3.8) is 0 Å². The number of aliphatic hydroxyl groups excluding tert-OH is 1. The molecule has 4 rings (SSSR count). The first kappa shape index (κ1) is 19.9. The fourth-order valence-electron chi connectivity index (χ4n) is 3.62. The van der Waals surface area contributed by atoms with Crippen molar-refractivity contribution < 1.29 is 19.4 Å². The van der Waals surface area contributed by atoms with Crippen LogP contribution in [0.5, 0.6) is 5.75 Å². The number of ether oxygens (including phenoxy) is 1. The highest BCUT2D eigenvalue weighted by Crippen LogP contribution is 2.42. The van der Waals surface area contributed by atoms with Gasteiger partial charge >= 0.3 is 0 Å². The van der Waals surface area contributed by atoms with Crippen LogP contribution in [0.3, 0.4) is 0 Å². The summed E-state index contributed by atoms with van der Waals surface area (Å²) in [5.41, 5.74) is 2.52. The maximum absolute atomic E-state index is 13.0. The van der Waals surface area contributed by atoms with Crippen LogP contribution in [-0.2, 0) is 16.1 Å². The van der Waals surface area contributed by atoms with Crippen LogP contribution in [0.4, 0.5) is 0 Å². The van der Waals surface area contributed by atoms with Gasteiger partial charge in [0, 0.05) is 17.0 Å². The van der Waals surface area contributed by atoms with Crippen molar-refractivity contribution in [3.8, 4) is 5.75 Å². The van der Waals surface area contributed by atoms with Crippen molar-refractivity contribution in [1.29, 1.82) is 0 Å². The van der Waals surface area contributed by atoms with E-state index in [2.05, 4.69) is 0 Å². The topological polar surface area (TPSA) is 66.8 Å². The van der Waals surface area contributed by atoms with Gasteiger partial charge in [-0.3, -0.25) is 9.59 Å². The molecule has 1 aliphatic rings. The molecule has 0 spiro atoms. The Morgan fingerprint density at radius 2 is 1.87 bits per heavy atom. The minimum atomic E-state index is -0.672. The molecule has 1 amide bonds. The van der Waals surface area contributed by atoms with Gasteiger partial charge in [-0.25, -0.2) is 0 Å². The van der Waals surface area contributed by atoms with Crippen LogP contribution in [0.15, 0.2) is 71.6 Å². The standard InChI is InChI=1S/C24H21NO4S/c1-15-8-10-17(11-9-15)22(26)20-21(19-7-4-12-30-19)25(24(28)23(20)27)14-16-5-3-6-18(13-16)29-2/h3-13,21,26H,14H2,1-2H3/b22-20-. The van der Waals surface area contributed by atoms with E-state index in [9.17, 15) is 14.7 Å². The van der Waals surface area contributed by atoms with Crippen molar-refractivity contribution in [2.75, 3.05) is 7.11 Å². The lowest BCUT2D eigenvalue weighted by molar-refractivity contribution is -0.140. The van der Waals surface area contributed by atoms with Gasteiger partial charge in [0.25, 0.3) is 11.7 Å². The highest BCUT2D eigenvalue weighted by Gasteiger charge is 2.46. The third-order valence-corrected chi connectivity index (χ3v) is 6.09. The maximum Gasteiger partial charge on any atom is 0.295 e. The Morgan fingerprint density at radius 3 is 2.53 bits per heavy atom. The fraction of sp³-hybridized carbons (Fsp3) is 0.167. The first-order valence-corrected chi connectivity index (χ1v) is 10.4. The number of carbonyl (C=O) groups excluding carboxylic acids is 2. The molecule has 2 aromatic carbocycles. The number of benzene rings is 2. The summed E-state index contributed by atoms with van der Waals surface area (Å²) < 4.78 is 5.28. The summed E-state index contributed by atoms with van der Waals surface area (Å²) in [6, 6.07) is 17.7. The Balaban J connectivity index is 1.80. The number of methoxy groups -OCH3 is 1. The summed E-state index contributed by atoms with van der Waals surface area (Å²) in [5, 5.41) is 12.9. The number of carbonyl (C=O) groups is 2. The largest absolute Gasteiger partial charge is 0.507 e. The van der Waals surface area contributed by atoms with Gasteiger partial charge in [-0.1, -0.05) is 48.0 Å². The number of amides is 1. The molecule has 1 aromatic heterocycles. The lowest BCUT2D eigenvalue weighted by atomic mass is 9.99. The molecule has 0 bridgehead atoms. The molecule has 1 N–H and O–H groups in total. The maximum atomic E-state index is 13.0. The number of hydrogen-bond acceptors (Lipinski definition) is 5. The van der Waals surface area contributed by atoms with Crippen molar-refractivity contribution in [2.24, 2.45) is 0 Å². The zero-order valence-electron chi connectivity index (χ0n) is 16.7. The second-order valence-corrected chi connectivity index (χ2v) is 8.14. The minimum absolute atomic E-state index is 0.120. The van der Waals surface area contributed by atoms with Gasteiger partial charge in [0.15, 0.2) is 0 Å². The number of likely N-dealkylation sites (tertiary alicyclic amines) is 1. The minimum Gasteiger partial charge on any atom is -0.507 e. The molecule has 0 radical (unpaired) electrons. The van der Waals surface area contributed by atoms with Gasteiger partial charge in [-0.15, -0.1) is 11.3 Å². The number of ketones is 1. The molecule has 1 aliphatic heterocycles. The highest BCUT2D eigenvalue weighted by molar-refractivity contribution is 7.10. The fourth-order valence-corrected chi connectivity index (χ4v) is 4.47. The zero-order valence-corrected chi connectivity index (χ0v) is 17.5. The average Bonchev–Trinajstić information content (AvgIpc) is 3.37. The van der Waals surface area contributed by atoms with Gasteiger partial charge < -0.3 is 14.7 Å². The molecule has 0 saturated carbocycles. The van der Waals surface area contributed by atoms with Gasteiger partial charge in [-0.2, -0.15) is 0 Å². The Bertz CT molecular complexity index is 1120. The summed E-state index contributed by atoms with van der Waals surface area (Å²) >= 11 is 1.45. The summed E-state index contributed by atoms with van der Waals surface area (Å²) in [6.45, 7) is 2.18. The average molecular weight is 420 g/mol. The molecular weight excluding hydrogens is 398 g/mol. The smallest absolute Gasteiger partial charge is 0.295 e. The van der Waals surface area contributed by atoms with Crippen LogP contribution >= 0.6 is 11.3 Å². The number of Topliss-reactive ketones (excluding diaryl/α,β-unsaturated/α-hetero) is 1. The number of thiophene rings is 1. The lowest BCUT2D eigenvalue weighted by Gasteiger charge is -2.24. The second kappa shape index (κ2) is 8.16. The summed E-state index contributed by atoms with van der Waals surface area (Å²) in [7, 11) is 1.58. The molecule has 1 fully saturated rings. The number of aliphatic hydroxyl groups is 1. The van der Waals surface area contributed by atoms with E-state index < -0.39 is 17.7 Å². The monoisotopic (exact) mass is 419 g/mol. The van der Waals surface area contributed by atoms with Gasteiger partial charge in [-0.05, 0) is 36.1 Å². The van der Waals surface area contributed by atoms with Crippen LogP contribution in [-0.4, -0.2) is 28.8 Å². The number of rotatable bonds is 5. The first-order chi connectivity index (χ1) is 14.5. The molecule has 1 atom stereocenters. The molecule has 1 saturated heterocycles. The lowest BCUT2D eigenvalue weighted by Crippen LogP contribution is -2.28. The van der Waals surface area contributed by atoms with E-state index in [0.29, 0.717) is 11.3 Å². The summed E-state index contributed by atoms with van der Waals surface area (Å²) in [6.07, 6.45) is 0. The second-order valence-electron chi connectivity index (χ2n) is 7.16. The quantitative estimate of drug-likeness (QED) is 0.370. The Kier molecular flexibility index (Phi) is 5.42. The molecule has 0 aliphatic carbocycles. The third kappa shape index (κ3) is 3.62. The molecule has 6 heteroatoms. The Hall–Kier alpha value is -3.38. The number of aryl methyl sites for hydroxylation is 1. The Morgan fingerprint density at radius 1 is 1.10 bits per heavy atom. The van der Waals surface area contributed by atoms with Crippen LogP contribution in [0, 0.1) is 6.92 Å². The van der Waals surface area contributed by atoms with E-state index in [4.69, 9.17) is 4.74 Å². The van der Waals surface area contributed by atoms with Gasteiger partial charge in [0.1, 0.15) is 11.5 Å². The third-order valence-electron chi connectivity index (χ3n) is 5.16. The molecule has 30 heavy (non-hydrogen) atoms. The van der Waals surface area contributed by atoms with Crippen molar-refractivity contribution in [3.05, 3.63) is 93.2 Å². The zero-order chi connectivity index (χ0) is 21.3. The van der Waals surface area contributed by atoms with Gasteiger partial charge in [0.2, 0.25) is 0 Å². The first-order valence-electron chi connectivity index (χ1n) is 9.51. The number of nitrogens with zero attached hydrogens (tertiary/aromatic N) is 1. The molecule has 3 aromatic rings. The van der Waals surface area contributed by atoms with Crippen LogP contribution < -0.4 is 4.74 Å². The van der Waals surface area contributed by atoms with E-state index in [1.807, 2.05) is 60.8 Å². The van der Waals surface area contributed by atoms with E-state index in [1.165, 1.54) is 16.2 Å². The Labute approximate surface area is 178 Å². The van der Waals surface area contributed by atoms with E-state index in [-0.39, 0.29) is 17.9 Å². The predicted octanol–water partition coefficient (Wildman–Crippen LogP) is 4.69. The van der Waals surface area contributed by atoms with Crippen LogP contribution in [0.25, 0.3) is 5.76 Å². The molecular formula is C24H21NO4S. The normalized spacial score (nSPS) is 18.1. The molecule has 2 heterocycles. The van der Waals surface area contributed by atoms with Crippen molar-refractivity contribution in [2.45, 2.75) is 19.5 Å². The van der Waals surface area contributed by atoms with E-state index in [0.717, 1.165) is 16.0 Å². The van der Waals surface area contributed by atoms with Crippen LogP contribution in [0.2, 0.25) is 0 Å². The van der Waals surface area contributed by atoms with Gasteiger partial charge in [0.05, 0.1) is 18.7 Å². The number of hydrogen-bond donors (Lipinski definition) is 1. The molecule has 152 valence electrons. The molecule has 1 unspecified atom stereocenters. The predicted molar refractivity (Wildman–Crippen MR) is 116 cm³/mol.